The SMILES string of the molecule is CCN1CCN(C(=O)c2nc(C(=O)NCc3ccncc3)n3c2CCCC3)CC1. The predicted octanol–water partition coefficient (Wildman–Crippen LogP) is 1.32. The molecule has 0 spiro atoms. The van der Waals surface area contributed by atoms with E-state index in [4.69, 9.17) is 0 Å². The fourth-order valence-electron chi connectivity index (χ4n) is 4.07. The van der Waals surface area contributed by atoms with Gasteiger partial charge in [0.25, 0.3) is 11.8 Å². The largest absolute Gasteiger partial charge is 0.345 e. The number of carbonyl (C=O) groups excluding carboxylic acids is 2. The normalized spacial score (nSPS) is 17.1. The van der Waals surface area contributed by atoms with Crippen LogP contribution in [0, 0.1) is 0 Å². The van der Waals surface area contributed by atoms with Gasteiger partial charge >= 0.3 is 0 Å². The van der Waals surface area contributed by atoms with E-state index in [0.29, 0.717) is 31.2 Å². The van der Waals surface area contributed by atoms with Crippen molar-refractivity contribution in [2.75, 3.05) is 32.7 Å². The number of hydrogen-bond acceptors (Lipinski definition) is 5. The summed E-state index contributed by atoms with van der Waals surface area (Å²) >= 11 is 0. The summed E-state index contributed by atoms with van der Waals surface area (Å²) in [6.07, 6.45) is 6.22. The lowest BCUT2D eigenvalue weighted by Crippen LogP contribution is -2.48. The van der Waals surface area contributed by atoms with Crippen LogP contribution < -0.4 is 5.32 Å². The van der Waals surface area contributed by atoms with Crippen LogP contribution in [0.3, 0.4) is 0 Å². The highest BCUT2D eigenvalue weighted by atomic mass is 16.2. The maximum Gasteiger partial charge on any atom is 0.287 e. The minimum Gasteiger partial charge on any atom is -0.345 e. The number of rotatable bonds is 5. The average Bonchev–Trinajstić information content (AvgIpc) is 3.17. The molecule has 29 heavy (non-hydrogen) atoms. The van der Waals surface area contributed by atoms with E-state index >= 15 is 0 Å². The van der Waals surface area contributed by atoms with Gasteiger partial charge in [0.05, 0.1) is 5.69 Å². The quantitative estimate of drug-likeness (QED) is 0.824. The molecule has 1 saturated heterocycles. The maximum atomic E-state index is 13.2. The summed E-state index contributed by atoms with van der Waals surface area (Å²) in [5.74, 6) is 0.0729. The zero-order chi connectivity index (χ0) is 20.2. The first-order chi connectivity index (χ1) is 14.2. The number of likely N-dealkylation sites (N-methyl/N-ethyl adjacent to an activating group) is 1. The number of fused-ring (bicyclic) bond motifs is 1. The van der Waals surface area contributed by atoms with Crippen LogP contribution in [0.5, 0.6) is 0 Å². The Kier molecular flexibility index (Phi) is 5.89. The fraction of sp³-hybridized carbons (Fsp3) is 0.524. The topological polar surface area (TPSA) is 83.4 Å². The molecule has 0 unspecified atom stereocenters. The number of piperazine rings is 1. The molecule has 154 valence electrons. The molecule has 1 fully saturated rings. The van der Waals surface area contributed by atoms with Crippen LogP contribution in [-0.2, 0) is 19.5 Å². The number of pyridine rings is 1. The summed E-state index contributed by atoms with van der Waals surface area (Å²) in [4.78, 5) is 38.8. The molecule has 0 aliphatic carbocycles. The molecule has 0 bridgehead atoms. The molecule has 8 nitrogen and oxygen atoms in total. The standard InChI is InChI=1S/C21H28N6O2/c1-2-25-11-13-26(14-12-25)21(29)18-17-5-3-4-10-27(17)19(24-18)20(28)23-15-16-6-8-22-9-7-16/h6-9H,2-5,10-15H2,1H3,(H,23,28). The zero-order valence-electron chi connectivity index (χ0n) is 16.9. The lowest BCUT2D eigenvalue weighted by atomic mass is 10.1. The third-order valence-corrected chi connectivity index (χ3v) is 5.83. The number of hydrogen-bond donors (Lipinski definition) is 1. The molecule has 0 radical (unpaired) electrons. The van der Waals surface area contributed by atoms with E-state index in [-0.39, 0.29) is 11.8 Å². The molecule has 1 N–H and O–H groups in total. The monoisotopic (exact) mass is 396 g/mol. The van der Waals surface area contributed by atoms with Gasteiger partial charge in [-0.05, 0) is 43.5 Å². The van der Waals surface area contributed by atoms with E-state index in [1.54, 1.807) is 12.4 Å². The van der Waals surface area contributed by atoms with Crippen LogP contribution in [0.15, 0.2) is 24.5 Å². The number of imidazole rings is 1. The zero-order valence-corrected chi connectivity index (χ0v) is 16.9. The molecule has 0 aromatic carbocycles. The number of carbonyl (C=O) groups is 2. The average molecular weight is 396 g/mol. The lowest BCUT2D eigenvalue weighted by molar-refractivity contribution is 0.0636. The number of nitrogens with one attached hydrogen (secondary N) is 1. The van der Waals surface area contributed by atoms with Crippen molar-refractivity contribution in [3.8, 4) is 0 Å². The Balaban J connectivity index is 1.52. The predicted molar refractivity (Wildman–Crippen MR) is 109 cm³/mol. The Labute approximate surface area is 170 Å². The van der Waals surface area contributed by atoms with Gasteiger partial charge < -0.3 is 19.7 Å². The minimum absolute atomic E-state index is 0.0420. The Bertz CT molecular complexity index is 871. The fourth-order valence-corrected chi connectivity index (χ4v) is 4.07. The molecule has 2 amide bonds. The second-order valence-corrected chi connectivity index (χ2v) is 7.60. The van der Waals surface area contributed by atoms with Crippen LogP contribution in [0.4, 0.5) is 0 Å². The Morgan fingerprint density at radius 1 is 1.07 bits per heavy atom. The van der Waals surface area contributed by atoms with Crippen molar-refractivity contribution in [2.24, 2.45) is 0 Å². The van der Waals surface area contributed by atoms with Crippen molar-refractivity contribution in [2.45, 2.75) is 39.3 Å². The van der Waals surface area contributed by atoms with Gasteiger partial charge in [0.1, 0.15) is 5.69 Å². The number of aromatic nitrogens is 3. The highest BCUT2D eigenvalue weighted by Crippen LogP contribution is 2.23. The van der Waals surface area contributed by atoms with E-state index in [1.165, 1.54) is 0 Å². The molecule has 8 heteroatoms. The van der Waals surface area contributed by atoms with E-state index in [9.17, 15) is 9.59 Å². The molecule has 0 saturated carbocycles. The number of nitrogens with zero attached hydrogens (tertiary/aromatic N) is 5. The second kappa shape index (κ2) is 8.73. The van der Waals surface area contributed by atoms with Gasteiger partial charge in [0.15, 0.2) is 5.82 Å². The van der Waals surface area contributed by atoms with Gasteiger partial charge in [-0.2, -0.15) is 0 Å². The van der Waals surface area contributed by atoms with Crippen molar-refractivity contribution < 1.29 is 9.59 Å². The van der Waals surface area contributed by atoms with Crippen molar-refractivity contribution >= 4 is 11.8 Å². The first-order valence-corrected chi connectivity index (χ1v) is 10.5. The van der Waals surface area contributed by atoms with Crippen LogP contribution in [0.2, 0.25) is 0 Å². The van der Waals surface area contributed by atoms with Crippen LogP contribution >= 0.6 is 0 Å². The number of amides is 2. The molecule has 2 aromatic rings. The summed E-state index contributed by atoms with van der Waals surface area (Å²) in [7, 11) is 0. The van der Waals surface area contributed by atoms with E-state index in [0.717, 1.165) is 56.7 Å². The molecular weight excluding hydrogens is 368 g/mol. The Hall–Kier alpha value is -2.74. The van der Waals surface area contributed by atoms with Crippen molar-refractivity contribution in [1.82, 2.24) is 29.7 Å². The highest BCUT2D eigenvalue weighted by Gasteiger charge is 2.31. The van der Waals surface area contributed by atoms with Gasteiger partial charge in [0.2, 0.25) is 0 Å². The van der Waals surface area contributed by atoms with E-state index in [2.05, 4.69) is 27.1 Å². The van der Waals surface area contributed by atoms with Gasteiger partial charge in [0, 0.05) is 51.7 Å². The second-order valence-electron chi connectivity index (χ2n) is 7.60. The molecular formula is C21H28N6O2. The minimum atomic E-state index is -0.236. The molecule has 0 atom stereocenters. The molecule has 4 heterocycles. The van der Waals surface area contributed by atoms with Gasteiger partial charge in [-0.1, -0.05) is 6.92 Å². The summed E-state index contributed by atoms with van der Waals surface area (Å²) in [6, 6.07) is 3.73. The van der Waals surface area contributed by atoms with E-state index in [1.807, 2.05) is 21.6 Å². The summed E-state index contributed by atoms with van der Waals surface area (Å²) in [6.45, 7) is 7.48. The third kappa shape index (κ3) is 4.17. The van der Waals surface area contributed by atoms with Crippen molar-refractivity contribution in [1.29, 1.82) is 0 Å². The van der Waals surface area contributed by atoms with Gasteiger partial charge in [-0.15, -0.1) is 0 Å². The highest BCUT2D eigenvalue weighted by molar-refractivity contribution is 5.97. The lowest BCUT2D eigenvalue weighted by Gasteiger charge is -2.33. The molecule has 2 aromatic heterocycles. The maximum absolute atomic E-state index is 13.2. The van der Waals surface area contributed by atoms with Crippen LogP contribution in [0.25, 0.3) is 0 Å². The molecule has 2 aliphatic heterocycles. The smallest absolute Gasteiger partial charge is 0.287 e. The Morgan fingerprint density at radius 2 is 1.83 bits per heavy atom. The van der Waals surface area contributed by atoms with Crippen molar-refractivity contribution in [3.63, 3.8) is 0 Å². The van der Waals surface area contributed by atoms with Crippen molar-refractivity contribution in [3.05, 3.63) is 47.3 Å². The summed E-state index contributed by atoms with van der Waals surface area (Å²) < 4.78 is 1.95. The van der Waals surface area contributed by atoms with Gasteiger partial charge in [-0.3, -0.25) is 14.6 Å². The van der Waals surface area contributed by atoms with Crippen LogP contribution in [0.1, 0.15) is 52.1 Å². The van der Waals surface area contributed by atoms with E-state index < -0.39 is 0 Å². The van der Waals surface area contributed by atoms with Gasteiger partial charge in [-0.25, -0.2) is 4.98 Å². The molecule has 4 rings (SSSR count). The summed E-state index contributed by atoms with van der Waals surface area (Å²) in [5.41, 5.74) is 2.35. The first-order valence-electron chi connectivity index (χ1n) is 10.5. The van der Waals surface area contributed by atoms with Crippen LogP contribution in [-0.4, -0.2) is 68.9 Å². The third-order valence-electron chi connectivity index (χ3n) is 5.83. The first kappa shape index (κ1) is 19.6. The summed E-state index contributed by atoms with van der Waals surface area (Å²) in [5, 5.41) is 2.93. The Morgan fingerprint density at radius 3 is 2.55 bits per heavy atom. The molecule has 2 aliphatic rings.